The van der Waals surface area contributed by atoms with Gasteiger partial charge in [0.2, 0.25) is 0 Å². The van der Waals surface area contributed by atoms with Crippen LogP contribution in [0.4, 0.5) is 0 Å². The molecule has 3 aromatic rings. The molecular formula is C45H69NO3. The Morgan fingerprint density at radius 3 is 1.29 bits per heavy atom. The minimum atomic E-state index is -0.668. The van der Waals surface area contributed by atoms with Crippen LogP contribution < -0.4 is 0 Å². The Morgan fingerprint density at radius 2 is 0.857 bits per heavy atom. The number of unbranched alkanes of at least 4 members (excludes halogenated alkanes) is 13. The molecule has 0 radical (unpaired) electrons. The lowest BCUT2D eigenvalue weighted by Crippen LogP contribution is -2.38. The molecule has 0 saturated carbocycles. The van der Waals surface area contributed by atoms with Gasteiger partial charge >= 0.3 is 0 Å². The van der Waals surface area contributed by atoms with Crippen molar-refractivity contribution in [1.29, 1.82) is 0 Å². The highest BCUT2D eigenvalue weighted by Gasteiger charge is 2.37. The number of aliphatic hydroxyl groups excluding tert-OH is 2. The van der Waals surface area contributed by atoms with Gasteiger partial charge in [-0.15, -0.1) is 0 Å². The quantitative estimate of drug-likeness (QED) is 0.0570. The molecule has 4 heteroatoms. The van der Waals surface area contributed by atoms with Crippen LogP contribution in [0.15, 0.2) is 91.0 Å². The predicted molar refractivity (Wildman–Crippen MR) is 208 cm³/mol. The summed E-state index contributed by atoms with van der Waals surface area (Å²) in [6.45, 7) is 7.42. The summed E-state index contributed by atoms with van der Waals surface area (Å²) in [7, 11) is 0. The maximum Gasteiger partial charge on any atom is 0.143 e. The molecule has 0 aliphatic rings. The Bertz CT molecular complexity index is 1050. The van der Waals surface area contributed by atoms with E-state index < -0.39 is 5.60 Å². The molecule has 0 bridgehead atoms. The van der Waals surface area contributed by atoms with Gasteiger partial charge in [-0.1, -0.05) is 195 Å². The molecule has 0 aliphatic carbocycles. The van der Waals surface area contributed by atoms with Crippen molar-refractivity contribution >= 4 is 0 Å². The Hall–Kier alpha value is -2.50. The van der Waals surface area contributed by atoms with Crippen molar-refractivity contribution in [3.63, 3.8) is 0 Å². The molecule has 0 aliphatic heterocycles. The van der Waals surface area contributed by atoms with Gasteiger partial charge in [0.15, 0.2) is 0 Å². The first-order chi connectivity index (χ1) is 24.1. The van der Waals surface area contributed by atoms with Gasteiger partial charge in [0, 0.05) is 19.7 Å². The van der Waals surface area contributed by atoms with Crippen LogP contribution in [0, 0.1) is 0 Å². The maximum atomic E-state index is 10.9. The first-order valence-corrected chi connectivity index (χ1v) is 20.0. The number of ether oxygens (including phenoxy) is 1. The van der Waals surface area contributed by atoms with E-state index in [9.17, 15) is 10.2 Å². The van der Waals surface area contributed by atoms with E-state index in [0.29, 0.717) is 19.7 Å². The third kappa shape index (κ3) is 15.5. The minimum absolute atomic E-state index is 0.317. The zero-order valence-corrected chi connectivity index (χ0v) is 31.1. The van der Waals surface area contributed by atoms with Crippen molar-refractivity contribution in [3.05, 3.63) is 108 Å². The second kappa shape index (κ2) is 25.5. The second-order valence-electron chi connectivity index (χ2n) is 14.2. The fraction of sp³-hybridized carbons (Fsp3) is 0.600. The first-order valence-electron chi connectivity index (χ1n) is 20.0. The predicted octanol–water partition coefficient (Wildman–Crippen LogP) is 11.1. The summed E-state index contributed by atoms with van der Waals surface area (Å²) in [5, 5.41) is 21.8. The molecule has 3 rings (SSSR count). The van der Waals surface area contributed by atoms with E-state index in [4.69, 9.17) is 4.74 Å². The molecule has 0 spiro atoms. The molecule has 3 aromatic carbocycles. The van der Waals surface area contributed by atoms with Gasteiger partial charge in [-0.05, 0) is 48.9 Å². The monoisotopic (exact) mass is 672 g/mol. The van der Waals surface area contributed by atoms with Crippen LogP contribution in [0.2, 0.25) is 0 Å². The summed E-state index contributed by atoms with van der Waals surface area (Å²) >= 11 is 0. The SMILES string of the molecule is CCCCCCCCC(O)CN(CCCCCCOC(c1ccccc1)(c1ccccc1)c1ccccc1)CC(O)CCCCCCCC. The number of hydrogen-bond donors (Lipinski definition) is 2. The van der Waals surface area contributed by atoms with E-state index in [0.717, 1.165) is 74.6 Å². The zero-order chi connectivity index (χ0) is 34.8. The summed E-state index contributed by atoms with van der Waals surface area (Å²) in [4.78, 5) is 2.34. The van der Waals surface area contributed by atoms with Crippen LogP contribution in [0.25, 0.3) is 0 Å². The number of nitrogens with zero attached hydrogens (tertiary/aromatic N) is 1. The van der Waals surface area contributed by atoms with E-state index in [2.05, 4.69) is 110 Å². The molecule has 0 amide bonds. The Kier molecular flexibility index (Phi) is 21.3. The van der Waals surface area contributed by atoms with Crippen LogP contribution in [0.3, 0.4) is 0 Å². The van der Waals surface area contributed by atoms with E-state index in [1.807, 2.05) is 0 Å². The van der Waals surface area contributed by atoms with E-state index >= 15 is 0 Å². The molecule has 2 atom stereocenters. The molecule has 0 aromatic heterocycles. The summed E-state index contributed by atoms with van der Waals surface area (Å²) in [5.74, 6) is 0. The van der Waals surface area contributed by atoms with Gasteiger partial charge in [-0.2, -0.15) is 0 Å². The Balaban J connectivity index is 1.52. The fourth-order valence-corrected chi connectivity index (χ4v) is 7.14. The van der Waals surface area contributed by atoms with E-state index in [1.54, 1.807) is 0 Å². The average molecular weight is 672 g/mol. The zero-order valence-electron chi connectivity index (χ0n) is 31.1. The van der Waals surface area contributed by atoms with Crippen LogP contribution in [0.5, 0.6) is 0 Å². The number of benzene rings is 3. The minimum Gasteiger partial charge on any atom is -0.392 e. The smallest absolute Gasteiger partial charge is 0.143 e. The molecule has 0 saturated heterocycles. The van der Waals surface area contributed by atoms with Crippen LogP contribution >= 0.6 is 0 Å². The van der Waals surface area contributed by atoms with Gasteiger partial charge in [-0.3, -0.25) is 4.90 Å². The highest BCUT2D eigenvalue weighted by atomic mass is 16.5. The molecule has 0 heterocycles. The van der Waals surface area contributed by atoms with Gasteiger partial charge in [0.25, 0.3) is 0 Å². The van der Waals surface area contributed by atoms with Gasteiger partial charge < -0.3 is 14.9 Å². The molecule has 49 heavy (non-hydrogen) atoms. The van der Waals surface area contributed by atoms with Gasteiger partial charge in [0.05, 0.1) is 12.2 Å². The summed E-state index contributed by atoms with van der Waals surface area (Å²) in [6, 6.07) is 31.8. The standard InChI is InChI=1S/C45H69NO3/c1-3-5-7-9-11-24-34-43(47)38-46(39-44(48)35-25-12-10-8-6-4-2)36-26-13-14-27-37-49-45(40-28-18-15-19-29-40,41-30-20-16-21-31-41)42-32-22-17-23-33-42/h15-23,28-33,43-44,47-48H,3-14,24-27,34-39H2,1-2H3. The molecule has 2 N–H and O–H groups in total. The summed E-state index contributed by atoms with van der Waals surface area (Å²) in [5.41, 5.74) is 2.75. The highest BCUT2D eigenvalue weighted by Crippen LogP contribution is 2.40. The lowest BCUT2D eigenvalue weighted by molar-refractivity contribution is 0.0105. The van der Waals surface area contributed by atoms with Crippen molar-refractivity contribution in [2.75, 3.05) is 26.2 Å². The molecule has 272 valence electrons. The first kappa shape index (κ1) is 40.9. The fourth-order valence-electron chi connectivity index (χ4n) is 7.14. The maximum absolute atomic E-state index is 10.9. The van der Waals surface area contributed by atoms with Crippen molar-refractivity contribution in [3.8, 4) is 0 Å². The van der Waals surface area contributed by atoms with Crippen molar-refractivity contribution in [2.24, 2.45) is 0 Å². The molecular weight excluding hydrogens is 602 g/mol. The van der Waals surface area contributed by atoms with E-state index in [-0.39, 0.29) is 12.2 Å². The topological polar surface area (TPSA) is 52.9 Å². The lowest BCUT2D eigenvalue weighted by atomic mass is 9.80. The molecule has 2 unspecified atom stereocenters. The van der Waals surface area contributed by atoms with Crippen molar-refractivity contribution < 1.29 is 14.9 Å². The largest absolute Gasteiger partial charge is 0.392 e. The van der Waals surface area contributed by atoms with Crippen LogP contribution in [0.1, 0.15) is 146 Å². The molecule has 0 fully saturated rings. The van der Waals surface area contributed by atoms with Crippen molar-refractivity contribution in [2.45, 2.75) is 147 Å². The Morgan fingerprint density at radius 1 is 0.490 bits per heavy atom. The van der Waals surface area contributed by atoms with Crippen LogP contribution in [-0.2, 0) is 10.3 Å². The van der Waals surface area contributed by atoms with Crippen LogP contribution in [-0.4, -0.2) is 53.6 Å². The average Bonchev–Trinajstić information content (AvgIpc) is 3.13. The van der Waals surface area contributed by atoms with E-state index in [1.165, 1.54) is 64.2 Å². The lowest BCUT2D eigenvalue weighted by Gasteiger charge is -2.36. The summed E-state index contributed by atoms with van der Waals surface area (Å²) in [6.07, 6.45) is 20.2. The number of aliphatic hydroxyl groups is 2. The Labute approximate surface area is 300 Å². The van der Waals surface area contributed by atoms with Gasteiger partial charge in [0.1, 0.15) is 5.60 Å². The summed E-state index contributed by atoms with van der Waals surface area (Å²) < 4.78 is 6.98. The number of hydrogen-bond acceptors (Lipinski definition) is 4. The number of rotatable bonds is 29. The highest BCUT2D eigenvalue weighted by molar-refractivity contribution is 5.47. The third-order valence-corrected chi connectivity index (χ3v) is 9.95. The third-order valence-electron chi connectivity index (χ3n) is 9.95. The second-order valence-corrected chi connectivity index (χ2v) is 14.2. The normalized spacial score (nSPS) is 13.2. The van der Waals surface area contributed by atoms with Crippen molar-refractivity contribution in [1.82, 2.24) is 4.90 Å². The van der Waals surface area contributed by atoms with Gasteiger partial charge in [-0.25, -0.2) is 0 Å². The molecule has 4 nitrogen and oxygen atoms in total.